The molecule has 0 aliphatic carbocycles. The number of thiocarbonyl (C=S) groups is 1. The SMILES string of the molecule is Cc1ccc(OCC(=O)ONC(=S)Cc2ccc(Cl)cc2Cl)cc1C. The van der Waals surface area contributed by atoms with Gasteiger partial charge in [0.25, 0.3) is 0 Å². The largest absolute Gasteiger partial charge is 0.482 e. The fraction of sp³-hybridized carbons (Fsp3) is 0.222. The van der Waals surface area contributed by atoms with Crippen molar-refractivity contribution in [3.63, 3.8) is 0 Å². The zero-order valence-corrected chi connectivity index (χ0v) is 16.1. The average Bonchev–Trinajstić information content (AvgIpc) is 2.56. The molecule has 132 valence electrons. The summed E-state index contributed by atoms with van der Waals surface area (Å²) in [6.07, 6.45) is 0.330. The van der Waals surface area contributed by atoms with Gasteiger partial charge in [0.1, 0.15) is 10.7 Å². The van der Waals surface area contributed by atoms with Crippen LogP contribution in [0.4, 0.5) is 0 Å². The number of carbonyl (C=O) groups is 1. The average molecular weight is 398 g/mol. The molecule has 0 radical (unpaired) electrons. The van der Waals surface area contributed by atoms with Gasteiger partial charge in [-0.1, -0.05) is 47.6 Å². The Morgan fingerprint density at radius 1 is 1.12 bits per heavy atom. The third-order valence-corrected chi connectivity index (χ3v) is 4.29. The predicted octanol–water partition coefficient (Wildman–Crippen LogP) is 4.61. The third-order valence-electron chi connectivity index (χ3n) is 3.48. The Bertz CT molecular complexity index is 796. The molecular formula is C18H17Cl2NO3S. The van der Waals surface area contributed by atoms with Crippen LogP contribution < -0.4 is 10.2 Å². The summed E-state index contributed by atoms with van der Waals surface area (Å²) < 4.78 is 5.39. The first-order valence-electron chi connectivity index (χ1n) is 7.47. The molecule has 25 heavy (non-hydrogen) atoms. The Kier molecular flexibility index (Phi) is 7.05. The quantitative estimate of drug-likeness (QED) is 0.589. The van der Waals surface area contributed by atoms with Crippen LogP contribution in [0.1, 0.15) is 16.7 Å². The van der Waals surface area contributed by atoms with Crippen LogP contribution in [-0.4, -0.2) is 17.6 Å². The van der Waals surface area contributed by atoms with Crippen molar-refractivity contribution >= 4 is 46.4 Å². The highest BCUT2D eigenvalue weighted by molar-refractivity contribution is 7.80. The van der Waals surface area contributed by atoms with Crippen LogP contribution in [0.2, 0.25) is 10.0 Å². The van der Waals surface area contributed by atoms with Crippen LogP contribution >= 0.6 is 35.4 Å². The van der Waals surface area contributed by atoms with E-state index in [1.54, 1.807) is 24.3 Å². The Morgan fingerprint density at radius 2 is 1.88 bits per heavy atom. The van der Waals surface area contributed by atoms with Crippen molar-refractivity contribution in [3.8, 4) is 5.75 Å². The second kappa shape index (κ2) is 9.04. The number of benzene rings is 2. The maximum atomic E-state index is 11.7. The maximum absolute atomic E-state index is 11.7. The standard InChI is InChI=1S/C18H17Cl2NO3S/c1-11-3-6-15(7-12(11)2)23-10-18(22)24-21-17(25)8-13-4-5-14(19)9-16(13)20/h3-7,9H,8,10H2,1-2H3,(H,21,25). The first-order chi connectivity index (χ1) is 11.8. The summed E-state index contributed by atoms with van der Waals surface area (Å²) in [6.45, 7) is 3.76. The van der Waals surface area contributed by atoms with E-state index in [4.69, 9.17) is 45.0 Å². The van der Waals surface area contributed by atoms with E-state index in [0.717, 1.165) is 16.7 Å². The highest BCUT2D eigenvalue weighted by Gasteiger charge is 2.09. The van der Waals surface area contributed by atoms with E-state index in [1.807, 2.05) is 26.0 Å². The second-order valence-corrected chi connectivity index (χ2v) is 6.78. The minimum absolute atomic E-state index is 0.222. The Hall–Kier alpha value is -1.82. The van der Waals surface area contributed by atoms with Crippen LogP contribution in [0.15, 0.2) is 36.4 Å². The molecule has 0 aliphatic heterocycles. The summed E-state index contributed by atoms with van der Waals surface area (Å²) in [6, 6.07) is 10.7. The molecule has 0 unspecified atom stereocenters. The fourth-order valence-electron chi connectivity index (χ4n) is 1.96. The summed E-state index contributed by atoms with van der Waals surface area (Å²) in [4.78, 5) is 16.9. The minimum atomic E-state index is -0.581. The van der Waals surface area contributed by atoms with Crippen molar-refractivity contribution in [2.75, 3.05) is 6.61 Å². The van der Waals surface area contributed by atoms with Crippen LogP contribution in [0.25, 0.3) is 0 Å². The van der Waals surface area contributed by atoms with Gasteiger partial charge in [-0.15, -0.1) is 0 Å². The van der Waals surface area contributed by atoms with E-state index in [9.17, 15) is 4.79 Å². The summed E-state index contributed by atoms with van der Waals surface area (Å²) in [5.41, 5.74) is 5.47. The first-order valence-corrected chi connectivity index (χ1v) is 8.64. The van der Waals surface area contributed by atoms with Gasteiger partial charge in [-0.3, -0.25) is 0 Å². The molecule has 2 aromatic rings. The minimum Gasteiger partial charge on any atom is -0.482 e. The number of hydroxylamine groups is 1. The van der Waals surface area contributed by atoms with Gasteiger partial charge >= 0.3 is 5.97 Å². The molecule has 0 bridgehead atoms. The first kappa shape index (κ1) is 19.5. The third kappa shape index (κ3) is 6.20. The van der Waals surface area contributed by atoms with Crippen molar-refractivity contribution in [1.29, 1.82) is 0 Å². The van der Waals surface area contributed by atoms with E-state index >= 15 is 0 Å². The van der Waals surface area contributed by atoms with Crippen molar-refractivity contribution in [1.82, 2.24) is 5.48 Å². The van der Waals surface area contributed by atoms with Gasteiger partial charge in [0, 0.05) is 16.5 Å². The Labute approximate surface area is 162 Å². The van der Waals surface area contributed by atoms with E-state index < -0.39 is 5.97 Å². The molecule has 2 aromatic carbocycles. The number of halogens is 2. The molecule has 0 atom stereocenters. The molecule has 1 N–H and O–H groups in total. The fourth-order valence-corrected chi connectivity index (χ4v) is 2.64. The van der Waals surface area contributed by atoms with Crippen molar-refractivity contribution in [3.05, 3.63) is 63.1 Å². The lowest BCUT2D eigenvalue weighted by Gasteiger charge is -2.10. The predicted molar refractivity (Wildman–Crippen MR) is 103 cm³/mol. The van der Waals surface area contributed by atoms with Crippen molar-refractivity contribution < 1.29 is 14.4 Å². The van der Waals surface area contributed by atoms with Gasteiger partial charge in [-0.05, 0) is 54.8 Å². The Balaban J connectivity index is 1.77. The van der Waals surface area contributed by atoms with E-state index in [1.165, 1.54) is 0 Å². The van der Waals surface area contributed by atoms with Crippen LogP contribution in [0.5, 0.6) is 5.75 Å². The molecule has 2 rings (SSSR count). The number of carbonyl (C=O) groups excluding carboxylic acids is 1. The molecule has 0 aliphatic rings. The lowest BCUT2D eigenvalue weighted by molar-refractivity contribution is -0.150. The summed E-state index contributed by atoms with van der Waals surface area (Å²) >= 11 is 17.1. The summed E-state index contributed by atoms with van der Waals surface area (Å²) in [7, 11) is 0. The van der Waals surface area contributed by atoms with Crippen LogP contribution in [0, 0.1) is 13.8 Å². The molecule has 0 spiro atoms. The van der Waals surface area contributed by atoms with Gasteiger partial charge in [0.2, 0.25) is 0 Å². The molecule has 0 saturated carbocycles. The number of hydrogen-bond donors (Lipinski definition) is 1. The second-order valence-electron chi connectivity index (χ2n) is 5.45. The molecular weight excluding hydrogens is 381 g/mol. The van der Waals surface area contributed by atoms with E-state index in [-0.39, 0.29) is 6.61 Å². The van der Waals surface area contributed by atoms with Crippen LogP contribution in [-0.2, 0) is 16.1 Å². The zero-order chi connectivity index (χ0) is 18.4. The molecule has 0 saturated heterocycles. The van der Waals surface area contributed by atoms with Gasteiger partial charge in [-0.25, -0.2) is 10.3 Å². The number of hydrogen-bond acceptors (Lipinski definition) is 4. The lowest BCUT2D eigenvalue weighted by Crippen LogP contribution is -2.29. The van der Waals surface area contributed by atoms with Gasteiger partial charge < -0.3 is 9.57 Å². The molecule has 7 heteroatoms. The smallest absolute Gasteiger partial charge is 0.369 e. The van der Waals surface area contributed by atoms with Crippen molar-refractivity contribution in [2.24, 2.45) is 0 Å². The van der Waals surface area contributed by atoms with E-state index in [0.29, 0.717) is 27.2 Å². The van der Waals surface area contributed by atoms with E-state index in [2.05, 4.69) is 5.48 Å². The summed E-state index contributed by atoms with van der Waals surface area (Å²) in [5.74, 6) is 0.0263. The van der Waals surface area contributed by atoms with Gasteiger partial charge in [0.15, 0.2) is 6.61 Å². The highest BCUT2D eigenvalue weighted by Crippen LogP contribution is 2.21. The lowest BCUT2D eigenvalue weighted by atomic mass is 10.1. The van der Waals surface area contributed by atoms with Crippen LogP contribution in [0.3, 0.4) is 0 Å². The number of ether oxygens (including phenoxy) is 1. The number of rotatable bonds is 5. The van der Waals surface area contributed by atoms with Gasteiger partial charge in [0.05, 0.1) is 0 Å². The molecule has 0 fully saturated rings. The maximum Gasteiger partial charge on any atom is 0.369 e. The molecule has 0 aromatic heterocycles. The topological polar surface area (TPSA) is 47.6 Å². The zero-order valence-electron chi connectivity index (χ0n) is 13.8. The van der Waals surface area contributed by atoms with Crippen molar-refractivity contribution in [2.45, 2.75) is 20.3 Å². The summed E-state index contributed by atoms with van der Waals surface area (Å²) in [5, 5.41) is 1.04. The molecule has 0 heterocycles. The number of nitrogens with one attached hydrogen (secondary N) is 1. The molecule has 0 amide bonds. The Morgan fingerprint density at radius 3 is 2.56 bits per heavy atom. The highest BCUT2D eigenvalue weighted by atomic mass is 35.5. The number of aryl methyl sites for hydroxylation is 2. The normalized spacial score (nSPS) is 10.2. The van der Waals surface area contributed by atoms with Gasteiger partial charge in [-0.2, -0.15) is 0 Å². The monoisotopic (exact) mass is 397 g/mol. The molecule has 4 nitrogen and oxygen atoms in total.